The third-order valence-electron chi connectivity index (χ3n) is 1.79. The van der Waals surface area contributed by atoms with E-state index in [9.17, 15) is 4.79 Å². The number of carboxylic acid groups (broad SMARTS) is 1. The topological polar surface area (TPSA) is 63.1 Å². The quantitative estimate of drug-likeness (QED) is 0.780. The minimum Gasteiger partial charge on any atom is -0.476 e. The Morgan fingerprint density at radius 1 is 1.47 bits per heavy atom. The number of rotatable bonds is 5. The van der Waals surface area contributed by atoms with Crippen LogP contribution in [-0.4, -0.2) is 26.8 Å². The molecule has 4 nitrogen and oxygen atoms in total. The number of carbonyl (C=O) groups is 1. The zero-order valence-electron chi connectivity index (χ0n) is 8.80. The molecule has 15 heavy (non-hydrogen) atoms. The van der Waals surface area contributed by atoms with Crippen molar-refractivity contribution in [3.63, 3.8) is 0 Å². The van der Waals surface area contributed by atoms with Gasteiger partial charge in [-0.15, -0.1) is 11.8 Å². The van der Waals surface area contributed by atoms with E-state index in [0.29, 0.717) is 5.92 Å². The number of aromatic carboxylic acids is 1. The van der Waals surface area contributed by atoms with E-state index < -0.39 is 5.97 Å². The molecule has 0 bridgehead atoms. The van der Waals surface area contributed by atoms with Gasteiger partial charge < -0.3 is 5.11 Å². The molecule has 1 heterocycles. The molecule has 0 unspecified atom stereocenters. The molecule has 0 fully saturated rings. The third kappa shape index (κ3) is 4.29. The fourth-order valence-corrected chi connectivity index (χ4v) is 1.95. The lowest BCUT2D eigenvalue weighted by Gasteiger charge is -2.03. The molecule has 0 saturated carbocycles. The summed E-state index contributed by atoms with van der Waals surface area (Å²) >= 11 is 1.60. The van der Waals surface area contributed by atoms with Crippen LogP contribution >= 0.6 is 11.8 Å². The molecule has 0 aliphatic rings. The zero-order chi connectivity index (χ0) is 11.3. The van der Waals surface area contributed by atoms with E-state index >= 15 is 0 Å². The highest BCUT2D eigenvalue weighted by atomic mass is 32.2. The fourth-order valence-electron chi connectivity index (χ4n) is 0.900. The molecule has 0 aliphatic heterocycles. The minimum absolute atomic E-state index is 0.0109. The molecule has 5 heteroatoms. The van der Waals surface area contributed by atoms with Gasteiger partial charge in [-0.25, -0.2) is 14.8 Å². The molecule has 0 aromatic carbocycles. The predicted molar refractivity (Wildman–Crippen MR) is 59.2 cm³/mol. The van der Waals surface area contributed by atoms with Crippen molar-refractivity contribution in [3.05, 3.63) is 18.1 Å². The van der Waals surface area contributed by atoms with E-state index in [1.807, 2.05) is 0 Å². The first-order valence-corrected chi connectivity index (χ1v) is 5.76. The Morgan fingerprint density at radius 3 is 2.67 bits per heavy atom. The lowest BCUT2D eigenvalue weighted by Crippen LogP contribution is -2.01. The Morgan fingerprint density at radius 2 is 2.20 bits per heavy atom. The summed E-state index contributed by atoms with van der Waals surface area (Å²) in [6.45, 7) is 4.33. The molecule has 82 valence electrons. The average Bonchev–Trinajstić information content (AvgIpc) is 2.18. The molecule has 0 aliphatic carbocycles. The molecule has 0 amide bonds. The summed E-state index contributed by atoms with van der Waals surface area (Å²) in [5.41, 5.74) is -0.0109. The first-order chi connectivity index (χ1) is 7.09. The number of thioether (sulfide) groups is 1. The van der Waals surface area contributed by atoms with Crippen molar-refractivity contribution in [1.29, 1.82) is 0 Å². The normalized spacial score (nSPS) is 10.6. The first-order valence-electron chi connectivity index (χ1n) is 4.77. The zero-order valence-corrected chi connectivity index (χ0v) is 9.62. The number of hydrogen-bond donors (Lipinski definition) is 1. The molecule has 0 spiro atoms. The van der Waals surface area contributed by atoms with Gasteiger partial charge in [-0.05, 0) is 18.1 Å². The summed E-state index contributed by atoms with van der Waals surface area (Å²) in [5.74, 6) is 0.614. The number of nitrogens with zero attached hydrogens (tertiary/aromatic N) is 2. The van der Waals surface area contributed by atoms with E-state index in [1.54, 1.807) is 11.8 Å². The van der Waals surface area contributed by atoms with E-state index in [-0.39, 0.29) is 5.69 Å². The van der Waals surface area contributed by atoms with Crippen LogP contribution in [0.15, 0.2) is 17.4 Å². The summed E-state index contributed by atoms with van der Waals surface area (Å²) in [7, 11) is 0. The molecule has 1 rings (SSSR count). The summed E-state index contributed by atoms with van der Waals surface area (Å²) in [5, 5.41) is 9.39. The lowest BCUT2D eigenvalue weighted by atomic mass is 10.2. The van der Waals surface area contributed by atoms with Gasteiger partial charge in [0.2, 0.25) is 0 Å². The second-order valence-corrected chi connectivity index (χ2v) is 4.69. The van der Waals surface area contributed by atoms with Gasteiger partial charge >= 0.3 is 5.97 Å². The molecule has 1 N–H and O–H groups in total. The van der Waals surface area contributed by atoms with E-state index in [2.05, 4.69) is 23.8 Å². The van der Waals surface area contributed by atoms with Gasteiger partial charge in [-0.1, -0.05) is 13.8 Å². The maximum atomic E-state index is 10.5. The maximum Gasteiger partial charge on any atom is 0.356 e. The largest absolute Gasteiger partial charge is 0.476 e. The van der Waals surface area contributed by atoms with Gasteiger partial charge in [0.05, 0.1) is 12.4 Å². The molecule has 0 saturated heterocycles. The van der Waals surface area contributed by atoms with Gasteiger partial charge in [-0.2, -0.15) is 0 Å². The van der Waals surface area contributed by atoms with Crippen LogP contribution in [0.1, 0.15) is 30.8 Å². The van der Waals surface area contributed by atoms with Crippen molar-refractivity contribution >= 4 is 17.7 Å². The molecule has 0 atom stereocenters. The summed E-state index contributed by atoms with van der Waals surface area (Å²) in [6.07, 6.45) is 3.92. The first kappa shape index (κ1) is 12.0. The Bertz CT molecular complexity index is 325. The van der Waals surface area contributed by atoms with Crippen molar-refractivity contribution < 1.29 is 9.90 Å². The van der Waals surface area contributed by atoms with Crippen LogP contribution in [0.2, 0.25) is 0 Å². The Hall–Kier alpha value is -1.10. The summed E-state index contributed by atoms with van der Waals surface area (Å²) in [4.78, 5) is 18.3. The SMILES string of the molecule is CC(C)CCSc1cnc(C(=O)O)cn1. The standard InChI is InChI=1S/C10H14N2O2S/c1-7(2)3-4-15-9-6-11-8(5-12-9)10(13)14/h5-7H,3-4H2,1-2H3,(H,13,14). The third-order valence-corrected chi connectivity index (χ3v) is 2.74. The van der Waals surface area contributed by atoms with Crippen molar-refractivity contribution in [2.45, 2.75) is 25.3 Å². The van der Waals surface area contributed by atoms with E-state index in [0.717, 1.165) is 17.2 Å². The number of aromatic nitrogens is 2. The van der Waals surface area contributed by atoms with Gasteiger partial charge in [0, 0.05) is 0 Å². The van der Waals surface area contributed by atoms with Gasteiger partial charge in [0.1, 0.15) is 5.03 Å². The van der Waals surface area contributed by atoms with E-state index in [1.165, 1.54) is 12.4 Å². The Labute approximate surface area is 93.1 Å². The molecular weight excluding hydrogens is 212 g/mol. The molecule has 1 aromatic heterocycles. The van der Waals surface area contributed by atoms with Crippen molar-refractivity contribution in [2.24, 2.45) is 5.92 Å². The summed E-state index contributed by atoms with van der Waals surface area (Å²) in [6, 6.07) is 0. The van der Waals surface area contributed by atoms with Crippen LogP contribution < -0.4 is 0 Å². The van der Waals surface area contributed by atoms with Crippen molar-refractivity contribution in [1.82, 2.24) is 9.97 Å². The minimum atomic E-state index is -1.04. The average molecular weight is 226 g/mol. The van der Waals surface area contributed by atoms with Crippen molar-refractivity contribution in [2.75, 3.05) is 5.75 Å². The van der Waals surface area contributed by atoms with Crippen molar-refractivity contribution in [3.8, 4) is 0 Å². The second-order valence-electron chi connectivity index (χ2n) is 3.58. The fraction of sp³-hybridized carbons (Fsp3) is 0.500. The van der Waals surface area contributed by atoms with Crippen LogP contribution in [0.3, 0.4) is 0 Å². The van der Waals surface area contributed by atoms with E-state index in [4.69, 9.17) is 5.11 Å². The maximum absolute atomic E-state index is 10.5. The van der Waals surface area contributed by atoms with Crippen LogP contribution in [0, 0.1) is 5.92 Å². The number of hydrogen-bond acceptors (Lipinski definition) is 4. The van der Waals surface area contributed by atoms with Crippen LogP contribution in [0.4, 0.5) is 0 Å². The van der Waals surface area contributed by atoms with Crippen LogP contribution in [0.25, 0.3) is 0 Å². The smallest absolute Gasteiger partial charge is 0.356 e. The molecular formula is C10H14N2O2S. The van der Waals surface area contributed by atoms with Gasteiger partial charge in [0.25, 0.3) is 0 Å². The van der Waals surface area contributed by atoms with Crippen LogP contribution in [0.5, 0.6) is 0 Å². The highest BCUT2D eigenvalue weighted by Crippen LogP contribution is 2.17. The second kappa shape index (κ2) is 5.70. The summed E-state index contributed by atoms with van der Waals surface area (Å²) < 4.78 is 0. The number of carboxylic acids is 1. The highest BCUT2D eigenvalue weighted by Gasteiger charge is 2.05. The Balaban J connectivity index is 2.46. The lowest BCUT2D eigenvalue weighted by molar-refractivity contribution is 0.0689. The predicted octanol–water partition coefficient (Wildman–Crippen LogP) is 2.31. The monoisotopic (exact) mass is 226 g/mol. The molecule has 0 radical (unpaired) electrons. The van der Waals surface area contributed by atoms with Crippen LogP contribution in [-0.2, 0) is 0 Å². The van der Waals surface area contributed by atoms with Gasteiger partial charge in [0.15, 0.2) is 5.69 Å². The highest BCUT2D eigenvalue weighted by molar-refractivity contribution is 7.99. The Kier molecular flexibility index (Phi) is 4.55. The van der Waals surface area contributed by atoms with Gasteiger partial charge in [-0.3, -0.25) is 0 Å². The molecule has 1 aromatic rings.